The van der Waals surface area contributed by atoms with E-state index in [0.717, 1.165) is 22.6 Å². The van der Waals surface area contributed by atoms with Crippen LogP contribution in [0, 0.1) is 12.7 Å². The van der Waals surface area contributed by atoms with E-state index in [-0.39, 0.29) is 11.7 Å². The Morgan fingerprint density at radius 2 is 1.88 bits per heavy atom. The molecule has 0 atom stereocenters. The first-order chi connectivity index (χ1) is 12.6. The molecule has 4 nitrogen and oxygen atoms in total. The van der Waals surface area contributed by atoms with Crippen molar-refractivity contribution in [2.75, 3.05) is 5.75 Å². The van der Waals surface area contributed by atoms with E-state index in [0.29, 0.717) is 23.9 Å². The molecule has 3 rings (SSSR count). The summed E-state index contributed by atoms with van der Waals surface area (Å²) in [5, 5.41) is 2.82. The highest BCUT2D eigenvalue weighted by Gasteiger charge is 2.12. The van der Waals surface area contributed by atoms with Crippen molar-refractivity contribution >= 4 is 17.7 Å². The highest BCUT2D eigenvalue weighted by Crippen LogP contribution is 2.23. The lowest BCUT2D eigenvalue weighted by molar-refractivity contribution is -0.118. The summed E-state index contributed by atoms with van der Waals surface area (Å²) < 4.78 is 18.6. The highest BCUT2D eigenvalue weighted by atomic mass is 32.2. The normalized spacial score (nSPS) is 10.7. The molecule has 134 valence electrons. The van der Waals surface area contributed by atoms with E-state index in [2.05, 4.69) is 10.3 Å². The maximum Gasteiger partial charge on any atom is 0.230 e. The van der Waals surface area contributed by atoms with Crippen LogP contribution in [0.2, 0.25) is 0 Å². The fraction of sp³-hybridized carbons (Fsp3) is 0.200. The van der Waals surface area contributed by atoms with Crippen LogP contribution in [0.4, 0.5) is 4.39 Å². The third-order valence-corrected chi connectivity index (χ3v) is 4.73. The molecule has 6 heteroatoms. The van der Waals surface area contributed by atoms with Crippen LogP contribution in [0.1, 0.15) is 17.0 Å². The molecule has 1 N–H and O–H groups in total. The van der Waals surface area contributed by atoms with Gasteiger partial charge in [-0.25, -0.2) is 9.37 Å². The van der Waals surface area contributed by atoms with Gasteiger partial charge in [0.1, 0.15) is 11.6 Å². The highest BCUT2D eigenvalue weighted by molar-refractivity contribution is 7.99. The molecule has 0 fully saturated rings. The molecule has 0 aliphatic rings. The minimum Gasteiger partial charge on any atom is -0.441 e. The molecular weight excluding hydrogens is 351 g/mol. The number of amides is 1. The zero-order valence-corrected chi connectivity index (χ0v) is 15.2. The smallest absolute Gasteiger partial charge is 0.230 e. The number of aromatic nitrogens is 1. The van der Waals surface area contributed by atoms with Crippen molar-refractivity contribution in [2.45, 2.75) is 19.2 Å². The lowest BCUT2D eigenvalue weighted by Crippen LogP contribution is -2.24. The molecule has 2 aromatic carbocycles. The average molecular weight is 370 g/mol. The van der Waals surface area contributed by atoms with Crippen molar-refractivity contribution in [1.29, 1.82) is 0 Å². The summed E-state index contributed by atoms with van der Waals surface area (Å²) >= 11 is 1.48. The van der Waals surface area contributed by atoms with Crippen LogP contribution in [0.15, 0.2) is 59.0 Å². The van der Waals surface area contributed by atoms with E-state index in [9.17, 15) is 9.18 Å². The van der Waals surface area contributed by atoms with Crippen LogP contribution in [-0.4, -0.2) is 16.6 Å². The SMILES string of the molecule is Cc1oc(-c2ccccc2)nc1CSCC(=O)NCc1ccc(F)cc1. The number of nitrogens with one attached hydrogen (secondary N) is 1. The van der Waals surface area contributed by atoms with Gasteiger partial charge in [-0.2, -0.15) is 0 Å². The van der Waals surface area contributed by atoms with Crippen molar-refractivity contribution in [2.24, 2.45) is 0 Å². The first-order valence-corrected chi connectivity index (χ1v) is 9.38. The van der Waals surface area contributed by atoms with E-state index >= 15 is 0 Å². The lowest BCUT2D eigenvalue weighted by Gasteiger charge is -2.05. The third-order valence-electron chi connectivity index (χ3n) is 3.79. The Labute approximate surface area is 155 Å². The number of nitrogens with zero attached hydrogens (tertiary/aromatic N) is 1. The van der Waals surface area contributed by atoms with Crippen molar-refractivity contribution < 1.29 is 13.6 Å². The lowest BCUT2D eigenvalue weighted by atomic mass is 10.2. The summed E-state index contributed by atoms with van der Waals surface area (Å²) in [4.78, 5) is 16.5. The molecule has 0 spiro atoms. The Balaban J connectivity index is 1.46. The predicted octanol–water partition coefficient (Wildman–Crippen LogP) is 4.34. The number of benzene rings is 2. The molecule has 0 bridgehead atoms. The van der Waals surface area contributed by atoms with E-state index < -0.39 is 0 Å². The average Bonchev–Trinajstić information content (AvgIpc) is 3.03. The Morgan fingerprint density at radius 1 is 1.15 bits per heavy atom. The Bertz CT molecular complexity index is 863. The number of rotatable bonds is 7. The summed E-state index contributed by atoms with van der Waals surface area (Å²) in [5.41, 5.74) is 2.65. The Morgan fingerprint density at radius 3 is 2.62 bits per heavy atom. The van der Waals surface area contributed by atoms with Crippen molar-refractivity contribution in [3.63, 3.8) is 0 Å². The van der Waals surface area contributed by atoms with E-state index in [4.69, 9.17) is 4.42 Å². The second kappa shape index (κ2) is 8.67. The quantitative estimate of drug-likeness (QED) is 0.672. The molecule has 3 aromatic rings. The van der Waals surface area contributed by atoms with Gasteiger partial charge < -0.3 is 9.73 Å². The summed E-state index contributed by atoms with van der Waals surface area (Å²) in [7, 11) is 0. The number of oxazole rings is 1. The maximum absolute atomic E-state index is 12.9. The van der Waals surface area contributed by atoms with Gasteiger partial charge in [0.2, 0.25) is 11.8 Å². The minimum atomic E-state index is -0.284. The summed E-state index contributed by atoms with van der Waals surface area (Å²) in [6.07, 6.45) is 0. The van der Waals surface area contributed by atoms with Crippen LogP contribution >= 0.6 is 11.8 Å². The van der Waals surface area contributed by atoms with Crippen LogP contribution in [0.5, 0.6) is 0 Å². The standard InChI is InChI=1S/C20H19FN2O2S/c1-14-18(23-20(25-14)16-5-3-2-4-6-16)12-26-13-19(24)22-11-15-7-9-17(21)10-8-15/h2-10H,11-13H2,1H3,(H,22,24). The molecule has 1 aromatic heterocycles. The van der Waals surface area contributed by atoms with Crippen LogP contribution in [0.25, 0.3) is 11.5 Å². The zero-order chi connectivity index (χ0) is 18.4. The molecule has 26 heavy (non-hydrogen) atoms. The molecule has 0 aliphatic carbocycles. The fourth-order valence-electron chi connectivity index (χ4n) is 2.36. The van der Waals surface area contributed by atoms with E-state index in [1.807, 2.05) is 37.3 Å². The van der Waals surface area contributed by atoms with Gasteiger partial charge in [-0.15, -0.1) is 11.8 Å². The second-order valence-electron chi connectivity index (χ2n) is 5.78. The van der Waals surface area contributed by atoms with Gasteiger partial charge >= 0.3 is 0 Å². The number of thioether (sulfide) groups is 1. The van der Waals surface area contributed by atoms with Gasteiger partial charge in [-0.1, -0.05) is 30.3 Å². The number of carbonyl (C=O) groups is 1. The maximum atomic E-state index is 12.9. The number of aryl methyl sites for hydroxylation is 1. The molecular formula is C20H19FN2O2S. The first kappa shape index (κ1) is 18.2. The number of hydrogen-bond acceptors (Lipinski definition) is 4. The van der Waals surface area contributed by atoms with Gasteiger partial charge in [0.15, 0.2) is 0 Å². The molecule has 0 saturated heterocycles. The summed E-state index contributed by atoms with van der Waals surface area (Å²) in [6, 6.07) is 15.8. The molecule has 0 aliphatic heterocycles. The summed E-state index contributed by atoms with van der Waals surface area (Å²) in [5.74, 6) is 1.94. The largest absolute Gasteiger partial charge is 0.441 e. The Kier molecular flexibility index (Phi) is 6.07. The van der Waals surface area contributed by atoms with Gasteiger partial charge in [0.25, 0.3) is 0 Å². The van der Waals surface area contributed by atoms with Gasteiger partial charge in [0.05, 0.1) is 11.4 Å². The van der Waals surface area contributed by atoms with Crippen LogP contribution in [0.3, 0.4) is 0 Å². The van der Waals surface area contributed by atoms with Crippen molar-refractivity contribution in [1.82, 2.24) is 10.3 Å². The number of carbonyl (C=O) groups excluding carboxylic acids is 1. The number of halogens is 1. The van der Waals surface area contributed by atoms with E-state index in [1.54, 1.807) is 12.1 Å². The molecule has 0 saturated carbocycles. The fourth-order valence-corrected chi connectivity index (χ4v) is 3.21. The molecule has 0 radical (unpaired) electrons. The minimum absolute atomic E-state index is 0.0660. The van der Waals surface area contributed by atoms with E-state index in [1.165, 1.54) is 23.9 Å². The molecule has 1 amide bonds. The summed E-state index contributed by atoms with van der Waals surface area (Å²) in [6.45, 7) is 2.27. The van der Waals surface area contributed by atoms with Gasteiger partial charge in [0, 0.05) is 17.9 Å². The monoisotopic (exact) mass is 370 g/mol. The Hall–Kier alpha value is -2.60. The molecule has 0 unspecified atom stereocenters. The van der Waals surface area contributed by atoms with Gasteiger partial charge in [-0.05, 0) is 36.8 Å². The zero-order valence-electron chi connectivity index (χ0n) is 14.4. The predicted molar refractivity (Wildman–Crippen MR) is 101 cm³/mol. The topological polar surface area (TPSA) is 55.1 Å². The van der Waals surface area contributed by atoms with Crippen LogP contribution < -0.4 is 5.32 Å². The van der Waals surface area contributed by atoms with Crippen molar-refractivity contribution in [3.05, 3.63) is 77.4 Å². The first-order valence-electron chi connectivity index (χ1n) is 8.22. The second-order valence-corrected chi connectivity index (χ2v) is 6.77. The van der Waals surface area contributed by atoms with Crippen LogP contribution in [-0.2, 0) is 17.1 Å². The van der Waals surface area contributed by atoms with Gasteiger partial charge in [-0.3, -0.25) is 4.79 Å². The number of hydrogen-bond donors (Lipinski definition) is 1. The third kappa shape index (κ3) is 4.95. The molecule has 1 heterocycles. The van der Waals surface area contributed by atoms with Crippen molar-refractivity contribution in [3.8, 4) is 11.5 Å².